The Morgan fingerprint density at radius 3 is 2.51 bits per heavy atom. The zero-order valence-corrected chi connectivity index (χ0v) is 22.6. The van der Waals surface area contributed by atoms with E-state index in [4.69, 9.17) is 0 Å². The van der Waals surface area contributed by atoms with Crippen molar-refractivity contribution in [3.63, 3.8) is 0 Å². The van der Waals surface area contributed by atoms with Crippen LogP contribution in [-0.2, 0) is 17.9 Å². The number of aromatic nitrogens is 2. The van der Waals surface area contributed by atoms with Crippen LogP contribution in [0.1, 0.15) is 72.7 Å². The van der Waals surface area contributed by atoms with Crippen molar-refractivity contribution in [1.82, 2.24) is 19.8 Å². The minimum absolute atomic E-state index is 0.0224. The molecule has 0 bridgehead atoms. The van der Waals surface area contributed by atoms with Gasteiger partial charge >= 0.3 is 0 Å². The van der Waals surface area contributed by atoms with Gasteiger partial charge in [0.15, 0.2) is 0 Å². The molecule has 1 unspecified atom stereocenters. The second kappa shape index (κ2) is 8.70. The molecule has 7 heteroatoms. The van der Waals surface area contributed by atoms with Crippen molar-refractivity contribution in [3.8, 4) is 0 Å². The second-order valence-electron chi connectivity index (χ2n) is 11.3. The Balaban J connectivity index is 1.50. The van der Waals surface area contributed by atoms with E-state index in [0.717, 1.165) is 74.9 Å². The van der Waals surface area contributed by atoms with Crippen molar-refractivity contribution in [1.29, 1.82) is 0 Å². The summed E-state index contributed by atoms with van der Waals surface area (Å²) in [5.74, 6) is -0.518. The molecule has 3 amide bonds. The maximum atomic E-state index is 13.7. The zero-order chi connectivity index (χ0) is 27.0. The van der Waals surface area contributed by atoms with Gasteiger partial charge in [-0.25, -0.2) is 0 Å². The smallest absolute Gasteiger partial charge is 0.259 e. The molecule has 0 saturated heterocycles. The van der Waals surface area contributed by atoms with Crippen LogP contribution >= 0.6 is 0 Å². The molecular formula is C32H32N4O3. The number of benzene rings is 3. The number of rotatable bonds is 5. The highest BCUT2D eigenvalue weighted by atomic mass is 16.2. The standard InChI is InChI=1S/C32H32N4O3/c1-4-5-6-10-17(2)32(39)35-16-19-11-9-13-21-24-26-25(30(37)34-31(26)38)23-20-12-7-8-14-22(20)33-27(23)29(24)36(28(19)21)15-18(35)3/h7-9,11-14,17-18,33H,4-6,10,15-16H2,1-3H3,(H,34,37,38)/t17-,18?/m0/s1. The SMILES string of the molecule is CCCCC[C@H](C)C(=O)N1Cc2cccc3c4c5c(c6c7ccccc7[nH]c6c4n(c23)CC1C)C(=O)NC5=O. The number of carbonyl (C=O) groups is 3. The van der Waals surface area contributed by atoms with Crippen LogP contribution in [-0.4, -0.2) is 38.2 Å². The van der Waals surface area contributed by atoms with Crippen LogP contribution in [0.2, 0.25) is 0 Å². The van der Waals surface area contributed by atoms with Gasteiger partial charge in [0.1, 0.15) is 0 Å². The summed E-state index contributed by atoms with van der Waals surface area (Å²) in [5.41, 5.74) is 5.71. The first-order valence-electron chi connectivity index (χ1n) is 14.1. The molecule has 39 heavy (non-hydrogen) atoms. The molecule has 0 saturated carbocycles. The fourth-order valence-electron chi connectivity index (χ4n) is 6.93. The normalized spacial score (nSPS) is 17.8. The van der Waals surface area contributed by atoms with Gasteiger partial charge in [-0.3, -0.25) is 19.7 Å². The highest BCUT2D eigenvalue weighted by molar-refractivity contribution is 6.39. The number of hydrogen-bond donors (Lipinski definition) is 2. The monoisotopic (exact) mass is 520 g/mol. The van der Waals surface area contributed by atoms with Gasteiger partial charge < -0.3 is 14.5 Å². The molecule has 3 aromatic carbocycles. The third-order valence-electron chi connectivity index (χ3n) is 8.80. The van der Waals surface area contributed by atoms with Crippen LogP contribution < -0.4 is 5.32 Å². The van der Waals surface area contributed by atoms with Crippen LogP contribution in [0.15, 0.2) is 42.5 Å². The lowest BCUT2D eigenvalue weighted by molar-refractivity contribution is -0.138. The molecule has 2 atom stereocenters. The van der Waals surface area contributed by atoms with E-state index in [2.05, 4.69) is 41.7 Å². The number of H-pyrrole nitrogens is 1. The molecule has 2 aliphatic rings. The molecule has 0 spiro atoms. The number of para-hydroxylation sites is 2. The average molecular weight is 521 g/mol. The maximum Gasteiger partial charge on any atom is 0.259 e. The predicted molar refractivity (Wildman–Crippen MR) is 154 cm³/mol. The number of nitrogens with one attached hydrogen (secondary N) is 2. The van der Waals surface area contributed by atoms with E-state index in [1.807, 2.05) is 41.3 Å². The highest BCUT2D eigenvalue weighted by Gasteiger charge is 2.37. The summed E-state index contributed by atoms with van der Waals surface area (Å²) in [6, 6.07) is 14.0. The number of hydrogen-bond acceptors (Lipinski definition) is 3. The van der Waals surface area contributed by atoms with E-state index < -0.39 is 0 Å². The molecule has 5 aromatic rings. The highest BCUT2D eigenvalue weighted by Crippen LogP contribution is 2.45. The van der Waals surface area contributed by atoms with Crippen LogP contribution in [0.5, 0.6) is 0 Å². The predicted octanol–water partition coefficient (Wildman–Crippen LogP) is 6.26. The first-order valence-corrected chi connectivity index (χ1v) is 14.1. The molecule has 0 fully saturated rings. The van der Waals surface area contributed by atoms with Crippen LogP contribution in [0, 0.1) is 5.92 Å². The molecule has 4 heterocycles. The lowest BCUT2D eigenvalue weighted by atomic mass is 9.96. The van der Waals surface area contributed by atoms with Crippen molar-refractivity contribution >= 4 is 61.3 Å². The molecule has 2 aromatic heterocycles. The number of imide groups is 1. The average Bonchev–Trinajstić information content (AvgIpc) is 3.52. The quantitative estimate of drug-likeness (QED) is 0.212. The Bertz CT molecular complexity index is 1860. The molecular weight excluding hydrogens is 488 g/mol. The Morgan fingerprint density at radius 1 is 0.974 bits per heavy atom. The molecule has 0 radical (unpaired) electrons. The first-order chi connectivity index (χ1) is 18.9. The summed E-state index contributed by atoms with van der Waals surface area (Å²) in [6.07, 6.45) is 4.25. The van der Waals surface area contributed by atoms with E-state index >= 15 is 0 Å². The largest absolute Gasteiger partial charge is 0.353 e. The zero-order valence-electron chi connectivity index (χ0n) is 22.6. The van der Waals surface area contributed by atoms with Crippen molar-refractivity contribution in [2.75, 3.05) is 0 Å². The van der Waals surface area contributed by atoms with Gasteiger partial charge in [-0.2, -0.15) is 0 Å². The molecule has 7 nitrogen and oxygen atoms in total. The van der Waals surface area contributed by atoms with Gasteiger partial charge in [0.2, 0.25) is 5.91 Å². The fraction of sp³-hybridized carbons (Fsp3) is 0.344. The summed E-state index contributed by atoms with van der Waals surface area (Å²) in [4.78, 5) is 45.8. The Hall–Kier alpha value is -4.13. The Labute approximate surface area is 226 Å². The number of unbranched alkanes of at least 4 members (excludes halogenated alkanes) is 2. The first kappa shape index (κ1) is 23.9. The summed E-state index contributed by atoms with van der Waals surface area (Å²) >= 11 is 0. The van der Waals surface area contributed by atoms with Crippen molar-refractivity contribution in [2.45, 2.75) is 65.6 Å². The van der Waals surface area contributed by atoms with Gasteiger partial charge in [0, 0.05) is 52.1 Å². The third-order valence-corrected chi connectivity index (χ3v) is 8.80. The summed E-state index contributed by atoms with van der Waals surface area (Å²) in [6.45, 7) is 7.48. The van der Waals surface area contributed by atoms with E-state index in [9.17, 15) is 14.4 Å². The summed E-state index contributed by atoms with van der Waals surface area (Å²) in [5, 5.41) is 6.03. The maximum absolute atomic E-state index is 13.7. The van der Waals surface area contributed by atoms with Gasteiger partial charge in [0.05, 0.1) is 27.7 Å². The van der Waals surface area contributed by atoms with E-state index in [-0.39, 0.29) is 29.7 Å². The Morgan fingerprint density at radius 2 is 1.72 bits per heavy atom. The fourth-order valence-corrected chi connectivity index (χ4v) is 6.93. The molecule has 2 N–H and O–H groups in total. The third kappa shape index (κ3) is 3.32. The molecule has 7 rings (SSSR count). The minimum Gasteiger partial charge on any atom is -0.353 e. The molecule has 0 aliphatic carbocycles. The lowest BCUT2D eigenvalue weighted by Gasteiger charge is -2.30. The topological polar surface area (TPSA) is 87.2 Å². The second-order valence-corrected chi connectivity index (χ2v) is 11.3. The van der Waals surface area contributed by atoms with E-state index in [1.54, 1.807) is 0 Å². The number of nitrogens with zero attached hydrogens (tertiary/aromatic N) is 2. The van der Waals surface area contributed by atoms with Crippen LogP contribution in [0.25, 0.3) is 43.6 Å². The number of aromatic amines is 1. The van der Waals surface area contributed by atoms with Crippen molar-refractivity contribution in [2.24, 2.45) is 5.92 Å². The van der Waals surface area contributed by atoms with Crippen molar-refractivity contribution < 1.29 is 14.4 Å². The molecule has 2 aliphatic heterocycles. The number of amides is 3. The van der Waals surface area contributed by atoms with E-state index in [1.165, 1.54) is 0 Å². The summed E-state index contributed by atoms with van der Waals surface area (Å²) in [7, 11) is 0. The van der Waals surface area contributed by atoms with Crippen LogP contribution in [0.3, 0.4) is 0 Å². The van der Waals surface area contributed by atoms with Crippen molar-refractivity contribution in [3.05, 3.63) is 59.2 Å². The summed E-state index contributed by atoms with van der Waals surface area (Å²) < 4.78 is 2.29. The molecule has 198 valence electrons. The number of carbonyl (C=O) groups excluding carboxylic acids is 3. The van der Waals surface area contributed by atoms with Gasteiger partial charge in [-0.1, -0.05) is 69.5 Å². The van der Waals surface area contributed by atoms with Gasteiger partial charge in [0.25, 0.3) is 11.8 Å². The van der Waals surface area contributed by atoms with Gasteiger partial charge in [-0.05, 0) is 25.0 Å². The Kier molecular flexibility index (Phi) is 5.34. The lowest BCUT2D eigenvalue weighted by Crippen LogP contribution is -2.42. The van der Waals surface area contributed by atoms with Gasteiger partial charge in [-0.15, -0.1) is 0 Å². The van der Waals surface area contributed by atoms with E-state index in [0.29, 0.717) is 24.2 Å². The van der Waals surface area contributed by atoms with Crippen LogP contribution in [0.4, 0.5) is 0 Å². The number of fused-ring (bicyclic) bond motifs is 10. The minimum atomic E-state index is -0.349.